The van der Waals surface area contributed by atoms with E-state index in [1.807, 2.05) is 25.7 Å². The Bertz CT molecular complexity index is 508. The summed E-state index contributed by atoms with van der Waals surface area (Å²) < 4.78 is 11.1. The molecule has 1 saturated heterocycles. The van der Waals surface area contributed by atoms with Crippen LogP contribution in [-0.2, 0) is 4.74 Å². The van der Waals surface area contributed by atoms with Crippen molar-refractivity contribution >= 4 is 5.91 Å². The molecule has 0 aliphatic carbocycles. The summed E-state index contributed by atoms with van der Waals surface area (Å²) in [5.41, 5.74) is 0.454. The zero-order valence-electron chi connectivity index (χ0n) is 14.7. The van der Waals surface area contributed by atoms with Gasteiger partial charge in [-0.2, -0.15) is 0 Å². The second-order valence-corrected chi connectivity index (χ2v) is 7.04. The van der Waals surface area contributed by atoms with Gasteiger partial charge in [-0.15, -0.1) is 0 Å². The average Bonchev–Trinajstić information content (AvgIpc) is 2.51. The van der Waals surface area contributed by atoms with Crippen molar-refractivity contribution in [3.63, 3.8) is 0 Å². The van der Waals surface area contributed by atoms with Gasteiger partial charge in [0.05, 0.1) is 17.8 Å². The molecule has 1 aromatic rings. The molecule has 1 atom stereocenters. The van der Waals surface area contributed by atoms with Crippen LogP contribution in [0.5, 0.6) is 5.88 Å². The van der Waals surface area contributed by atoms with Crippen LogP contribution in [0.25, 0.3) is 0 Å². The summed E-state index contributed by atoms with van der Waals surface area (Å²) in [6, 6.07) is 3.84. The fraction of sp³-hybridized carbons (Fsp3) is 0.667. The zero-order valence-corrected chi connectivity index (χ0v) is 14.7. The first kappa shape index (κ1) is 17.7. The van der Waals surface area contributed by atoms with Crippen molar-refractivity contribution in [2.24, 2.45) is 0 Å². The summed E-state index contributed by atoms with van der Waals surface area (Å²) in [6.07, 6.45) is 4.96. The molecule has 0 radical (unpaired) electrons. The van der Waals surface area contributed by atoms with Gasteiger partial charge in [-0.3, -0.25) is 4.79 Å². The van der Waals surface area contributed by atoms with Gasteiger partial charge in [0, 0.05) is 24.8 Å². The molecule has 0 bridgehead atoms. The molecule has 2 rings (SSSR count). The first-order valence-electron chi connectivity index (χ1n) is 8.40. The number of ether oxygens (including phenoxy) is 2. The van der Waals surface area contributed by atoms with Gasteiger partial charge in [-0.05, 0) is 53.0 Å². The number of hydrogen-bond acceptors (Lipinski definition) is 4. The quantitative estimate of drug-likeness (QED) is 0.781. The number of pyridine rings is 1. The van der Waals surface area contributed by atoms with Crippen molar-refractivity contribution in [2.75, 3.05) is 19.8 Å². The highest BCUT2D eigenvalue weighted by Crippen LogP contribution is 2.19. The van der Waals surface area contributed by atoms with Crippen molar-refractivity contribution in [3.8, 4) is 5.88 Å². The van der Waals surface area contributed by atoms with Crippen LogP contribution in [0.4, 0.5) is 0 Å². The maximum absolute atomic E-state index is 12.5. The molecular formula is C18H28N2O3. The lowest BCUT2D eigenvalue weighted by Gasteiger charge is -2.33. The smallest absolute Gasteiger partial charge is 0.255 e. The molecule has 0 saturated carbocycles. The first-order valence-corrected chi connectivity index (χ1v) is 8.40. The van der Waals surface area contributed by atoms with E-state index in [0.717, 1.165) is 19.4 Å². The minimum absolute atomic E-state index is 0.0623. The molecule has 1 aliphatic heterocycles. The fourth-order valence-corrected chi connectivity index (χ4v) is 2.65. The highest BCUT2D eigenvalue weighted by Gasteiger charge is 2.24. The van der Waals surface area contributed by atoms with E-state index in [1.165, 1.54) is 6.42 Å². The Balaban J connectivity index is 1.85. The molecule has 1 amide bonds. The highest BCUT2D eigenvalue weighted by molar-refractivity contribution is 5.94. The molecule has 0 spiro atoms. The third-order valence-corrected chi connectivity index (χ3v) is 3.92. The summed E-state index contributed by atoms with van der Waals surface area (Å²) in [5, 5.41) is 0. The lowest BCUT2D eigenvalue weighted by Crippen LogP contribution is -2.42. The molecule has 0 aromatic carbocycles. The van der Waals surface area contributed by atoms with Gasteiger partial charge in [0.15, 0.2) is 0 Å². The number of carbonyl (C=O) groups is 1. The van der Waals surface area contributed by atoms with E-state index in [4.69, 9.17) is 9.47 Å². The van der Waals surface area contributed by atoms with Crippen molar-refractivity contribution in [2.45, 2.75) is 58.6 Å². The van der Waals surface area contributed by atoms with E-state index in [-0.39, 0.29) is 11.5 Å². The second kappa shape index (κ2) is 7.77. The number of aromatic nitrogens is 1. The summed E-state index contributed by atoms with van der Waals surface area (Å²) in [5.74, 6) is 0.582. The average molecular weight is 320 g/mol. The molecule has 1 fully saturated rings. The van der Waals surface area contributed by atoms with E-state index in [2.05, 4.69) is 11.9 Å². The number of likely N-dealkylation sites (tertiary alicyclic amines) is 1. The van der Waals surface area contributed by atoms with Gasteiger partial charge < -0.3 is 14.4 Å². The van der Waals surface area contributed by atoms with Gasteiger partial charge in [0.25, 0.3) is 5.91 Å². The van der Waals surface area contributed by atoms with Crippen LogP contribution < -0.4 is 4.74 Å². The molecule has 0 N–H and O–H groups in total. The van der Waals surface area contributed by atoms with E-state index in [0.29, 0.717) is 30.7 Å². The summed E-state index contributed by atoms with van der Waals surface area (Å²) >= 11 is 0. The van der Waals surface area contributed by atoms with Gasteiger partial charge >= 0.3 is 0 Å². The summed E-state index contributed by atoms with van der Waals surface area (Å²) in [4.78, 5) is 18.7. The molecule has 5 nitrogen and oxygen atoms in total. The highest BCUT2D eigenvalue weighted by atomic mass is 16.5. The van der Waals surface area contributed by atoms with Crippen LogP contribution in [-0.4, -0.2) is 47.2 Å². The van der Waals surface area contributed by atoms with E-state index in [1.54, 1.807) is 18.3 Å². The molecule has 1 aromatic heterocycles. The topological polar surface area (TPSA) is 51.7 Å². The number of nitrogens with zero attached hydrogens (tertiary/aromatic N) is 2. The van der Waals surface area contributed by atoms with E-state index in [9.17, 15) is 4.79 Å². The SMILES string of the molecule is CC1CCCCN1C(=O)c1ccc(OCCOC(C)(C)C)nc1. The monoisotopic (exact) mass is 320 g/mol. The van der Waals surface area contributed by atoms with Crippen molar-refractivity contribution in [3.05, 3.63) is 23.9 Å². The minimum atomic E-state index is -0.168. The number of amides is 1. The molecule has 23 heavy (non-hydrogen) atoms. The predicted octanol–water partition coefficient (Wildman–Crippen LogP) is 3.29. The van der Waals surface area contributed by atoms with Gasteiger partial charge in [0.2, 0.25) is 5.88 Å². The Morgan fingerprint density at radius 2 is 2.09 bits per heavy atom. The first-order chi connectivity index (χ1) is 10.9. The lowest BCUT2D eigenvalue weighted by molar-refractivity contribution is -0.0168. The second-order valence-electron chi connectivity index (χ2n) is 7.04. The summed E-state index contributed by atoms with van der Waals surface area (Å²) in [6.45, 7) is 9.92. The number of rotatable bonds is 5. The molecular weight excluding hydrogens is 292 g/mol. The largest absolute Gasteiger partial charge is 0.475 e. The molecule has 2 heterocycles. The number of carbonyl (C=O) groups excluding carboxylic acids is 1. The lowest BCUT2D eigenvalue weighted by atomic mass is 10.0. The normalized spacial score (nSPS) is 18.8. The summed E-state index contributed by atoms with van der Waals surface area (Å²) in [7, 11) is 0. The van der Waals surface area contributed by atoms with Crippen LogP contribution in [0.1, 0.15) is 57.3 Å². The minimum Gasteiger partial charge on any atom is -0.475 e. The molecule has 1 unspecified atom stereocenters. The van der Waals surface area contributed by atoms with Crippen molar-refractivity contribution in [1.29, 1.82) is 0 Å². The van der Waals surface area contributed by atoms with Crippen LogP contribution in [0.15, 0.2) is 18.3 Å². The van der Waals surface area contributed by atoms with Crippen LogP contribution >= 0.6 is 0 Å². The Labute approximate surface area is 139 Å². The zero-order chi connectivity index (χ0) is 16.9. The van der Waals surface area contributed by atoms with Gasteiger partial charge in [-0.25, -0.2) is 4.98 Å². The molecule has 1 aliphatic rings. The van der Waals surface area contributed by atoms with Gasteiger partial charge in [0.1, 0.15) is 6.61 Å². The fourth-order valence-electron chi connectivity index (χ4n) is 2.65. The van der Waals surface area contributed by atoms with Crippen molar-refractivity contribution < 1.29 is 14.3 Å². The third kappa shape index (κ3) is 5.50. The van der Waals surface area contributed by atoms with E-state index >= 15 is 0 Å². The Morgan fingerprint density at radius 1 is 1.30 bits per heavy atom. The molecule has 5 heteroatoms. The Kier molecular flexibility index (Phi) is 5.99. The third-order valence-electron chi connectivity index (χ3n) is 3.92. The molecule has 128 valence electrons. The van der Waals surface area contributed by atoms with Crippen LogP contribution in [0, 0.1) is 0 Å². The Hall–Kier alpha value is -1.62. The van der Waals surface area contributed by atoms with Crippen LogP contribution in [0.3, 0.4) is 0 Å². The maximum atomic E-state index is 12.5. The van der Waals surface area contributed by atoms with Gasteiger partial charge in [-0.1, -0.05) is 0 Å². The van der Waals surface area contributed by atoms with Crippen LogP contribution in [0.2, 0.25) is 0 Å². The van der Waals surface area contributed by atoms with Crippen molar-refractivity contribution in [1.82, 2.24) is 9.88 Å². The Morgan fingerprint density at radius 3 is 2.70 bits per heavy atom. The predicted molar refractivity (Wildman–Crippen MR) is 89.8 cm³/mol. The van der Waals surface area contributed by atoms with E-state index < -0.39 is 0 Å². The maximum Gasteiger partial charge on any atom is 0.255 e. The standard InChI is InChI=1S/C18H28N2O3/c1-14-7-5-6-10-20(14)17(21)15-8-9-16(19-13-15)22-11-12-23-18(2,3)4/h8-9,13-14H,5-7,10-12H2,1-4H3. The number of piperidine rings is 1. The number of hydrogen-bond donors (Lipinski definition) is 0.